The lowest BCUT2D eigenvalue weighted by atomic mass is 9.78. The summed E-state index contributed by atoms with van der Waals surface area (Å²) in [5.74, 6) is 2.64. The number of piperazine rings is 1. The zero-order chi connectivity index (χ0) is 14.4. The molecule has 4 heteroatoms. The molecule has 4 aliphatic rings. The molecule has 3 atom stereocenters. The lowest BCUT2D eigenvalue weighted by Crippen LogP contribution is -2.67. The van der Waals surface area contributed by atoms with Crippen LogP contribution in [0.1, 0.15) is 57.8 Å². The largest absolute Gasteiger partial charge is 0.340 e. The Morgan fingerprint density at radius 3 is 2.57 bits per heavy atom. The molecule has 1 spiro atoms. The van der Waals surface area contributed by atoms with Gasteiger partial charge in [0.2, 0.25) is 11.8 Å². The molecule has 3 saturated carbocycles. The van der Waals surface area contributed by atoms with Crippen molar-refractivity contribution in [1.29, 1.82) is 0 Å². The minimum absolute atomic E-state index is 0.0552. The summed E-state index contributed by atoms with van der Waals surface area (Å²) in [6, 6.07) is 0. The van der Waals surface area contributed by atoms with E-state index in [1.165, 1.54) is 32.1 Å². The van der Waals surface area contributed by atoms with Crippen molar-refractivity contribution in [3.63, 3.8) is 0 Å². The van der Waals surface area contributed by atoms with Crippen LogP contribution in [0.5, 0.6) is 0 Å². The predicted octanol–water partition coefficient (Wildman–Crippen LogP) is 2.08. The fraction of sp³-hybridized carbons (Fsp3) is 0.882. The van der Waals surface area contributed by atoms with Crippen LogP contribution in [0, 0.1) is 17.8 Å². The second kappa shape index (κ2) is 4.99. The van der Waals surface area contributed by atoms with E-state index < -0.39 is 5.54 Å². The molecule has 1 saturated heterocycles. The maximum Gasteiger partial charge on any atom is 0.248 e. The summed E-state index contributed by atoms with van der Waals surface area (Å²) in [4.78, 5) is 27.0. The minimum Gasteiger partial charge on any atom is -0.340 e. The Bertz CT molecular complexity index is 456. The van der Waals surface area contributed by atoms with Crippen molar-refractivity contribution in [1.82, 2.24) is 10.2 Å². The van der Waals surface area contributed by atoms with Gasteiger partial charge < -0.3 is 10.2 Å². The van der Waals surface area contributed by atoms with Crippen LogP contribution in [-0.4, -0.2) is 35.3 Å². The van der Waals surface area contributed by atoms with Gasteiger partial charge in [-0.1, -0.05) is 25.7 Å². The SMILES string of the molecule is O=C1CN(CC2CC3CCC2C3)C(=O)C2(CCCCC2)N1. The number of carbonyl (C=O) groups excluding carboxylic acids is 2. The topological polar surface area (TPSA) is 49.4 Å². The van der Waals surface area contributed by atoms with Crippen molar-refractivity contribution < 1.29 is 9.59 Å². The number of amides is 2. The fourth-order valence-electron chi connectivity index (χ4n) is 5.43. The minimum atomic E-state index is -0.550. The first-order chi connectivity index (χ1) is 10.2. The van der Waals surface area contributed by atoms with Gasteiger partial charge in [-0.05, 0) is 49.9 Å². The fourth-order valence-corrected chi connectivity index (χ4v) is 5.43. The molecule has 0 aromatic carbocycles. The average molecular weight is 290 g/mol. The number of hydrogen-bond acceptors (Lipinski definition) is 2. The molecule has 3 unspecified atom stereocenters. The summed E-state index contributed by atoms with van der Waals surface area (Å²) in [6.07, 6.45) is 10.4. The van der Waals surface area contributed by atoms with E-state index in [4.69, 9.17) is 0 Å². The second-order valence-electron chi connectivity index (χ2n) is 7.81. The Kier molecular flexibility index (Phi) is 3.23. The molecule has 1 heterocycles. The van der Waals surface area contributed by atoms with Gasteiger partial charge in [0.15, 0.2) is 0 Å². The molecule has 3 aliphatic carbocycles. The summed E-state index contributed by atoms with van der Waals surface area (Å²) in [5, 5.41) is 3.04. The molecule has 116 valence electrons. The first kappa shape index (κ1) is 13.6. The highest BCUT2D eigenvalue weighted by Gasteiger charge is 2.48. The molecule has 0 aromatic heterocycles. The van der Waals surface area contributed by atoms with Gasteiger partial charge in [0.1, 0.15) is 5.54 Å². The van der Waals surface area contributed by atoms with Crippen LogP contribution in [0.4, 0.5) is 0 Å². The molecule has 4 rings (SSSR count). The first-order valence-electron chi connectivity index (χ1n) is 8.77. The summed E-state index contributed by atoms with van der Waals surface area (Å²) < 4.78 is 0. The molecule has 21 heavy (non-hydrogen) atoms. The van der Waals surface area contributed by atoms with Crippen LogP contribution < -0.4 is 5.32 Å². The third kappa shape index (κ3) is 2.27. The van der Waals surface area contributed by atoms with Crippen molar-refractivity contribution >= 4 is 11.8 Å². The van der Waals surface area contributed by atoms with Gasteiger partial charge in [-0.2, -0.15) is 0 Å². The zero-order valence-corrected chi connectivity index (χ0v) is 12.8. The quantitative estimate of drug-likeness (QED) is 0.846. The van der Waals surface area contributed by atoms with Gasteiger partial charge in [0, 0.05) is 6.54 Å². The van der Waals surface area contributed by atoms with Crippen LogP contribution in [0.3, 0.4) is 0 Å². The van der Waals surface area contributed by atoms with Gasteiger partial charge >= 0.3 is 0 Å². The Hall–Kier alpha value is -1.06. The van der Waals surface area contributed by atoms with E-state index in [0.717, 1.165) is 44.1 Å². The number of fused-ring (bicyclic) bond motifs is 2. The lowest BCUT2D eigenvalue weighted by Gasteiger charge is -2.45. The predicted molar refractivity (Wildman–Crippen MR) is 79.5 cm³/mol. The highest BCUT2D eigenvalue weighted by Crippen LogP contribution is 2.48. The number of rotatable bonds is 2. The first-order valence-corrected chi connectivity index (χ1v) is 8.77. The monoisotopic (exact) mass is 290 g/mol. The van der Waals surface area contributed by atoms with E-state index in [9.17, 15) is 9.59 Å². The number of nitrogens with one attached hydrogen (secondary N) is 1. The molecule has 2 bridgehead atoms. The second-order valence-corrected chi connectivity index (χ2v) is 7.81. The van der Waals surface area contributed by atoms with Crippen molar-refractivity contribution in [3.8, 4) is 0 Å². The van der Waals surface area contributed by atoms with Gasteiger partial charge in [0.25, 0.3) is 0 Å². The molecule has 1 N–H and O–H groups in total. The average Bonchev–Trinajstić information content (AvgIpc) is 3.08. The zero-order valence-electron chi connectivity index (χ0n) is 12.8. The highest BCUT2D eigenvalue weighted by molar-refractivity contribution is 5.98. The molecule has 4 fully saturated rings. The molecule has 1 aliphatic heterocycles. The number of carbonyl (C=O) groups is 2. The van der Waals surface area contributed by atoms with E-state index in [-0.39, 0.29) is 18.4 Å². The summed E-state index contributed by atoms with van der Waals surface area (Å²) >= 11 is 0. The highest BCUT2D eigenvalue weighted by atomic mass is 16.2. The molecular weight excluding hydrogens is 264 g/mol. The van der Waals surface area contributed by atoms with Crippen LogP contribution in [-0.2, 0) is 9.59 Å². The molecule has 2 amide bonds. The number of nitrogens with zero attached hydrogens (tertiary/aromatic N) is 1. The smallest absolute Gasteiger partial charge is 0.248 e. The van der Waals surface area contributed by atoms with Crippen LogP contribution in [0.25, 0.3) is 0 Å². The normalized spacial score (nSPS) is 38.1. The van der Waals surface area contributed by atoms with Gasteiger partial charge in [-0.25, -0.2) is 0 Å². The van der Waals surface area contributed by atoms with Crippen molar-refractivity contribution in [2.24, 2.45) is 17.8 Å². The third-order valence-corrected chi connectivity index (χ3v) is 6.46. The van der Waals surface area contributed by atoms with Crippen molar-refractivity contribution in [2.75, 3.05) is 13.1 Å². The third-order valence-electron chi connectivity index (χ3n) is 6.46. The molecule has 4 nitrogen and oxygen atoms in total. The van der Waals surface area contributed by atoms with Gasteiger partial charge in [0.05, 0.1) is 6.54 Å². The molecular formula is C17H26N2O2. The Morgan fingerprint density at radius 2 is 1.90 bits per heavy atom. The lowest BCUT2D eigenvalue weighted by molar-refractivity contribution is -0.152. The number of hydrogen-bond donors (Lipinski definition) is 1. The van der Waals surface area contributed by atoms with Crippen molar-refractivity contribution in [3.05, 3.63) is 0 Å². The van der Waals surface area contributed by atoms with E-state index in [1.54, 1.807) is 0 Å². The summed E-state index contributed by atoms with van der Waals surface area (Å²) in [6.45, 7) is 1.11. The van der Waals surface area contributed by atoms with E-state index in [2.05, 4.69) is 5.32 Å². The Morgan fingerprint density at radius 1 is 1.10 bits per heavy atom. The standard InChI is InChI=1S/C17H26N2O2/c20-15-11-19(10-14-9-12-4-5-13(14)8-12)16(21)17(18-15)6-2-1-3-7-17/h12-14H,1-11H2,(H,18,20). The van der Waals surface area contributed by atoms with Crippen molar-refractivity contribution in [2.45, 2.75) is 63.3 Å². The summed E-state index contributed by atoms with van der Waals surface area (Å²) in [7, 11) is 0. The summed E-state index contributed by atoms with van der Waals surface area (Å²) in [5.41, 5.74) is -0.550. The molecule has 0 radical (unpaired) electrons. The molecule has 0 aromatic rings. The Balaban J connectivity index is 1.49. The van der Waals surface area contributed by atoms with E-state index in [0.29, 0.717) is 5.92 Å². The van der Waals surface area contributed by atoms with E-state index in [1.807, 2.05) is 4.90 Å². The van der Waals surface area contributed by atoms with Crippen LogP contribution in [0.15, 0.2) is 0 Å². The van der Waals surface area contributed by atoms with E-state index >= 15 is 0 Å². The van der Waals surface area contributed by atoms with Gasteiger partial charge in [-0.15, -0.1) is 0 Å². The van der Waals surface area contributed by atoms with Gasteiger partial charge in [-0.3, -0.25) is 9.59 Å². The maximum absolute atomic E-state index is 13.0. The van der Waals surface area contributed by atoms with Crippen LogP contribution >= 0.6 is 0 Å². The van der Waals surface area contributed by atoms with Crippen LogP contribution in [0.2, 0.25) is 0 Å². The Labute approximate surface area is 126 Å². The maximum atomic E-state index is 13.0.